The molecular weight excluding hydrogens is 309 g/mol. The van der Waals surface area contributed by atoms with Gasteiger partial charge in [-0.1, -0.05) is 18.2 Å². The second-order valence-corrected chi connectivity index (χ2v) is 6.15. The Hall–Kier alpha value is -1.52. The molecule has 21 heavy (non-hydrogen) atoms. The Labute approximate surface area is 133 Å². The van der Waals surface area contributed by atoms with E-state index < -0.39 is 0 Å². The molecule has 2 aromatic heterocycles. The number of aromatic nitrogens is 3. The molecule has 0 saturated carbocycles. The lowest BCUT2D eigenvalue weighted by atomic mass is 10.1. The highest BCUT2D eigenvalue weighted by Gasteiger charge is 2.23. The minimum Gasteiger partial charge on any atom is -0.320 e. The van der Waals surface area contributed by atoms with Crippen LogP contribution in [0.15, 0.2) is 29.1 Å². The van der Waals surface area contributed by atoms with Crippen LogP contribution in [0.3, 0.4) is 0 Å². The van der Waals surface area contributed by atoms with E-state index in [4.69, 9.17) is 11.6 Å². The summed E-state index contributed by atoms with van der Waals surface area (Å²) in [5, 5.41) is 6.33. The van der Waals surface area contributed by atoms with E-state index in [-0.39, 0.29) is 23.5 Å². The van der Waals surface area contributed by atoms with Gasteiger partial charge >= 0.3 is 0 Å². The van der Waals surface area contributed by atoms with Crippen molar-refractivity contribution in [3.05, 3.63) is 40.3 Å². The smallest absolute Gasteiger partial charge is 0.276 e. The Morgan fingerprint density at radius 3 is 2.57 bits per heavy atom. The highest BCUT2D eigenvalue weighted by molar-refractivity contribution is 6.19. The van der Waals surface area contributed by atoms with E-state index in [1.165, 1.54) is 0 Å². The van der Waals surface area contributed by atoms with Crippen LogP contribution >= 0.6 is 24.0 Å². The van der Waals surface area contributed by atoms with Gasteiger partial charge in [0.25, 0.3) is 5.56 Å². The summed E-state index contributed by atoms with van der Waals surface area (Å²) >= 11 is 6.14. The summed E-state index contributed by atoms with van der Waals surface area (Å²) in [7, 11) is 0. The normalized spacial score (nSPS) is 11.8. The predicted octanol–water partition coefficient (Wildman–Crippen LogP) is 3.79. The molecule has 0 aliphatic carbocycles. The monoisotopic (exact) mass is 325 g/mol. The van der Waals surface area contributed by atoms with Crippen LogP contribution in [0, 0.1) is 0 Å². The average molecular weight is 326 g/mol. The summed E-state index contributed by atoms with van der Waals surface area (Å²) in [5.41, 5.74) is 1.75. The SMILES string of the molecule is CC(C)(C)n1nc2c(=O)[nH]c3ccccc3c2c1CCl.Cl. The van der Waals surface area contributed by atoms with Crippen molar-refractivity contribution < 1.29 is 0 Å². The zero-order valence-corrected chi connectivity index (χ0v) is 13.7. The third kappa shape index (κ3) is 2.43. The van der Waals surface area contributed by atoms with Crippen LogP contribution in [-0.2, 0) is 11.4 Å². The summed E-state index contributed by atoms with van der Waals surface area (Å²) in [6, 6.07) is 7.73. The molecule has 0 unspecified atom stereocenters. The average Bonchev–Trinajstić information content (AvgIpc) is 2.79. The van der Waals surface area contributed by atoms with Gasteiger partial charge in [0.05, 0.1) is 17.1 Å². The number of aromatic amines is 1. The summed E-state index contributed by atoms with van der Waals surface area (Å²) in [6.45, 7) is 6.14. The van der Waals surface area contributed by atoms with Crippen molar-refractivity contribution in [3.8, 4) is 0 Å². The van der Waals surface area contributed by atoms with Gasteiger partial charge in [-0.3, -0.25) is 9.48 Å². The molecule has 0 spiro atoms. The quantitative estimate of drug-likeness (QED) is 0.692. The number of rotatable bonds is 1. The molecule has 6 heteroatoms. The topological polar surface area (TPSA) is 50.7 Å². The van der Waals surface area contributed by atoms with Crippen LogP contribution in [0.25, 0.3) is 21.8 Å². The Morgan fingerprint density at radius 2 is 1.95 bits per heavy atom. The minimum atomic E-state index is -0.225. The number of H-pyrrole nitrogens is 1. The number of halogens is 2. The molecule has 3 aromatic rings. The standard InChI is InChI=1S/C15H16ClN3O.ClH/c1-15(2,3)19-11(8-16)12-9-6-4-5-7-10(9)17-14(20)13(12)18-19;/h4-7H,8H2,1-3H3,(H,17,20);1H. The number of para-hydroxylation sites is 1. The van der Waals surface area contributed by atoms with Crippen molar-refractivity contribution in [2.45, 2.75) is 32.2 Å². The van der Waals surface area contributed by atoms with Gasteiger partial charge in [-0.25, -0.2) is 0 Å². The molecule has 0 radical (unpaired) electrons. The Morgan fingerprint density at radius 1 is 1.29 bits per heavy atom. The number of hydrogen-bond acceptors (Lipinski definition) is 2. The maximum absolute atomic E-state index is 12.2. The zero-order valence-electron chi connectivity index (χ0n) is 12.1. The number of hydrogen-bond donors (Lipinski definition) is 1. The lowest BCUT2D eigenvalue weighted by molar-refractivity contribution is 0.349. The van der Waals surface area contributed by atoms with E-state index >= 15 is 0 Å². The molecular formula is C15H17Cl2N3O. The predicted molar refractivity (Wildman–Crippen MR) is 89.7 cm³/mol. The second kappa shape index (κ2) is 5.35. The largest absolute Gasteiger partial charge is 0.320 e. The minimum absolute atomic E-state index is 0. The first kappa shape index (κ1) is 15.9. The van der Waals surface area contributed by atoms with Gasteiger partial charge in [0.1, 0.15) is 0 Å². The van der Waals surface area contributed by atoms with Gasteiger partial charge in [0, 0.05) is 16.3 Å². The van der Waals surface area contributed by atoms with Gasteiger partial charge in [-0.05, 0) is 26.8 Å². The van der Waals surface area contributed by atoms with E-state index in [0.717, 1.165) is 22.0 Å². The van der Waals surface area contributed by atoms with Crippen molar-refractivity contribution in [3.63, 3.8) is 0 Å². The molecule has 0 amide bonds. The van der Waals surface area contributed by atoms with Crippen LogP contribution in [0.2, 0.25) is 0 Å². The third-order valence-corrected chi connectivity index (χ3v) is 3.66. The van der Waals surface area contributed by atoms with Crippen molar-refractivity contribution in [1.82, 2.24) is 14.8 Å². The maximum atomic E-state index is 12.2. The third-order valence-electron chi connectivity index (χ3n) is 3.40. The summed E-state index contributed by atoms with van der Waals surface area (Å²) in [5.74, 6) is 0.321. The molecule has 3 rings (SSSR count). The number of pyridine rings is 1. The van der Waals surface area contributed by atoms with E-state index in [0.29, 0.717) is 11.4 Å². The van der Waals surface area contributed by atoms with Crippen LogP contribution in [-0.4, -0.2) is 14.8 Å². The maximum Gasteiger partial charge on any atom is 0.276 e. The lowest BCUT2D eigenvalue weighted by Gasteiger charge is -2.21. The summed E-state index contributed by atoms with van der Waals surface area (Å²) in [4.78, 5) is 15.1. The van der Waals surface area contributed by atoms with Crippen LogP contribution in [0.5, 0.6) is 0 Å². The molecule has 2 heterocycles. The summed E-state index contributed by atoms with van der Waals surface area (Å²) in [6.07, 6.45) is 0. The fourth-order valence-corrected chi connectivity index (χ4v) is 2.81. The second-order valence-electron chi connectivity index (χ2n) is 5.89. The van der Waals surface area contributed by atoms with Gasteiger partial charge < -0.3 is 4.98 Å². The molecule has 0 atom stereocenters. The van der Waals surface area contributed by atoms with Crippen LogP contribution in [0.4, 0.5) is 0 Å². The number of alkyl halides is 1. The summed E-state index contributed by atoms with van der Waals surface area (Å²) < 4.78 is 1.85. The highest BCUT2D eigenvalue weighted by atomic mass is 35.5. The molecule has 0 saturated heterocycles. The van der Waals surface area contributed by atoms with E-state index in [9.17, 15) is 4.79 Å². The number of fused-ring (bicyclic) bond motifs is 3. The molecule has 0 fully saturated rings. The number of benzene rings is 1. The van der Waals surface area contributed by atoms with Crippen molar-refractivity contribution in [2.24, 2.45) is 0 Å². The van der Waals surface area contributed by atoms with Crippen LogP contribution in [0.1, 0.15) is 26.5 Å². The van der Waals surface area contributed by atoms with Crippen LogP contribution < -0.4 is 5.56 Å². The molecule has 4 nitrogen and oxygen atoms in total. The van der Waals surface area contributed by atoms with E-state index in [2.05, 4.69) is 10.1 Å². The van der Waals surface area contributed by atoms with Gasteiger partial charge in [0.15, 0.2) is 5.52 Å². The van der Waals surface area contributed by atoms with Gasteiger partial charge in [-0.15, -0.1) is 24.0 Å². The first-order chi connectivity index (χ1) is 9.43. The van der Waals surface area contributed by atoms with Crippen molar-refractivity contribution in [2.75, 3.05) is 0 Å². The molecule has 0 aliphatic heterocycles. The number of nitrogens with zero attached hydrogens (tertiary/aromatic N) is 2. The highest BCUT2D eigenvalue weighted by Crippen LogP contribution is 2.29. The van der Waals surface area contributed by atoms with Gasteiger partial charge in [0.2, 0.25) is 0 Å². The first-order valence-electron chi connectivity index (χ1n) is 6.52. The Bertz CT molecular complexity index is 859. The number of nitrogens with one attached hydrogen (secondary N) is 1. The van der Waals surface area contributed by atoms with E-state index in [1.807, 2.05) is 49.7 Å². The molecule has 1 N–H and O–H groups in total. The Balaban J connectivity index is 0.00000161. The Kier molecular flexibility index (Phi) is 4.04. The fraction of sp³-hybridized carbons (Fsp3) is 0.333. The lowest BCUT2D eigenvalue weighted by Crippen LogP contribution is -2.25. The molecule has 0 aliphatic rings. The molecule has 1 aromatic carbocycles. The molecule has 0 bridgehead atoms. The van der Waals surface area contributed by atoms with Crippen molar-refractivity contribution >= 4 is 45.8 Å². The van der Waals surface area contributed by atoms with Gasteiger partial charge in [-0.2, -0.15) is 5.10 Å². The van der Waals surface area contributed by atoms with Crippen molar-refractivity contribution in [1.29, 1.82) is 0 Å². The first-order valence-corrected chi connectivity index (χ1v) is 7.06. The van der Waals surface area contributed by atoms with E-state index in [1.54, 1.807) is 0 Å². The zero-order chi connectivity index (χ0) is 14.5. The fourth-order valence-electron chi connectivity index (χ4n) is 2.56. The molecule has 112 valence electrons.